The van der Waals surface area contributed by atoms with E-state index < -0.39 is 47.9 Å². The molecule has 4 N–H and O–H groups in total. The highest BCUT2D eigenvalue weighted by atomic mass is 16.6. The number of imidazole rings is 1. The summed E-state index contributed by atoms with van der Waals surface area (Å²) < 4.78 is 10.3. The zero-order valence-electron chi connectivity index (χ0n) is 23.9. The van der Waals surface area contributed by atoms with Gasteiger partial charge in [0.2, 0.25) is 17.7 Å². The molecule has 44 heavy (non-hydrogen) atoms. The van der Waals surface area contributed by atoms with Crippen molar-refractivity contribution in [1.82, 2.24) is 30.5 Å². The lowest BCUT2D eigenvalue weighted by atomic mass is 10.0. The van der Waals surface area contributed by atoms with Gasteiger partial charge in [-0.1, -0.05) is 48.5 Å². The molecule has 4 amide bonds. The SMILES string of the molecule is COC(=O)[C@@H](Cc1c[nH]c2ccccc12)NC(=O)[C@@H](Cc1cnc[nH]1)NC(=O)[C@@H]1CCC(=O)N1C(=O)OCc1ccccc1. The van der Waals surface area contributed by atoms with Crippen LogP contribution in [0.15, 0.2) is 73.3 Å². The summed E-state index contributed by atoms with van der Waals surface area (Å²) >= 11 is 0. The molecule has 0 saturated carbocycles. The molecule has 2 aromatic carbocycles. The van der Waals surface area contributed by atoms with Crippen LogP contribution in [0.25, 0.3) is 10.9 Å². The van der Waals surface area contributed by atoms with Crippen LogP contribution in [0, 0.1) is 0 Å². The highest BCUT2D eigenvalue weighted by Gasteiger charge is 2.42. The van der Waals surface area contributed by atoms with E-state index >= 15 is 0 Å². The minimum atomic E-state index is -1.18. The van der Waals surface area contributed by atoms with Crippen LogP contribution in [-0.4, -0.2) is 74.9 Å². The molecule has 1 aliphatic heterocycles. The number of ether oxygens (including phenoxy) is 2. The van der Waals surface area contributed by atoms with Gasteiger partial charge in [0.15, 0.2) is 0 Å². The number of nitrogens with zero attached hydrogens (tertiary/aromatic N) is 2. The molecule has 13 heteroatoms. The number of hydrogen-bond acceptors (Lipinski definition) is 8. The Morgan fingerprint density at radius 3 is 2.52 bits per heavy atom. The van der Waals surface area contributed by atoms with E-state index in [1.54, 1.807) is 30.5 Å². The van der Waals surface area contributed by atoms with Gasteiger partial charge in [0.1, 0.15) is 24.7 Å². The number of hydrogen-bond donors (Lipinski definition) is 4. The van der Waals surface area contributed by atoms with Crippen molar-refractivity contribution in [3.8, 4) is 0 Å². The maximum absolute atomic E-state index is 13.6. The first-order valence-electron chi connectivity index (χ1n) is 14.1. The number of H-pyrrole nitrogens is 2. The fourth-order valence-electron chi connectivity index (χ4n) is 5.17. The van der Waals surface area contributed by atoms with Gasteiger partial charge in [0.25, 0.3) is 0 Å². The van der Waals surface area contributed by atoms with Crippen LogP contribution < -0.4 is 10.6 Å². The van der Waals surface area contributed by atoms with E-state index in [9.17, 15) is 24.0 Å². The van der Waals surface area contributed by atoms with Gasteiger partial charge < -0.3 is 30.1 Å². The molecule has 0 unspecified atom stereocenters. The number of aromatic amines is 2. The molecule has 3 atom stereocenters. The van der Waals surface area contributed by atoms with E-state index in [2.05, 4.69) is 25.6 Å². The fraction of sp³-hybridized carbons (Fsp3) is 0.290. The van der Waals surface area contributed by atoms with Crippen LogP contribution in [0.3, 0.4) is 0 Å². The topological polar surface area (TPSA) is 176 Å². The van der Waals surface area contributed by atoms with E-state index in [1.165, 1.54) is 19.6 Å². The maximum atomic E-state index is 13.6. The number of imide groups is 1. The monoisotopic (exact) mass is 600 g/mol. The molecule has 1 saturated heterocycles. The third-order valence-electron chi connectivity index (χ3n) is 7.43. The van der Waals surface area contributed by atoms with Crippen molar-refractivity contribution in [2.75, 3.05) is 7.11 Å². The molecule has 1 fully saturated rings. The van der Waals surface area contributed by atoms with Crippen molar-refractivity contribution in [1.29, 1.82) is 0 Å². The van der Waals surface area contributed by atoms with Crippen LogP contribution in [0.1, 0.15) is 29.7 Å². The zero-order valence-corrected chi connectivity index (χ0v) is 23.9. The molecule has 0 aliphatic carbocycles. The van der Waals surface area contributed by atoms with Crippen molar-refractivity contribution >= 4 is 40.7 Å². The molecule has 13 nitrogen and oxygen atoms in total. The van der Waals surface area contributed by atoms with Gasteiger partial charge in [-0.3, -0.25) is 14.4 Å². The average molecular weight is 601 g/mol. The number of carbonyl (C=O) groups is 5. The second kappa shape index (κ2) is 13.7. The minimum Gasteiger partial charge on any atom is -0.467 e. The van der Waals surface area contributed by atoms with Crippen LogP contribution in [0.2, 0.25) is 0 Å². The average Bonchev–Trinajstić information content (AvgIpc) is 3.80. The van der Waals surface area contributed by atoms with E-state index in [4.69, 9.17) is 9.47 Å². The van der Waals surface area contributed by atoms with Crippen molar-refractivity contribution in [2.45, 2.75) is 50.4 Å². The Morgan fingerprint density at radius 2 is 1.77 bits per heavy atom. The summed E-state index contributed by atoms with van der Waals surface area (Å²) in [6, 6.07) is 13.1. The van der Waals surface area contributed by atoms with E-state index in [-0.39, 0.29) is 32.3 Å². The molecule has 5 rings (SSSR count). The van der Waals surface area contributed by atoms with Crippen LogP contribution >= 0.6 is 0 Å². The number of nitrogens with one attached hydrogen (secondary N) is 4. The summed E-state index contributed by atoms with van der Waals surface area (Å²) in [5.74, 6) is -2.59. The first-order valence-corrected chi connectivity index (χ1v) is 14.1. The lowest BCUT2D eigenvalue weighted by molar-refractivity contribution is -0.145. The number of methoxy groups -OCH3 is 1. The molecule has 0 bridgehead atoms. The highest BCUT2D eigenvalue weighted by Crippen LogP contribution is 2.22. The van der Waals surface area contributed by atoms with Gasteiger partial charge in [-0.2, -0.15) is 0 Å². The van der Waals surface area contributed by atoms with Crippen LogP contribution in [0.4, 0.5) is 4.79 Å². The van der Waals surface area contributed by atoms with Gasteiger partial charge in [0, 0.05) is 48.3 Å². The Labute approximate surface area is 252 Å². The number of aromatic nitrogens is 3. The molecule has 4 aromatic rings. The third-order valence-corrected chi connectivity index (χ3v) is 7.43. The summed E-state index contributed by atoms with van der Waals surface area (Å²) in [7, 11) is 1.23. The van der Waals surface area contributed by atoms with Crippen molar-refractivity contribution in [2.24, 2.45) is 0 Å². The zero-order chi connectivity index (χ0) is 31.1. The molecule has 2 aromatic heterocycles. The molecule has 1 aliphatic rings. The summed E-state index contributed by atoms with van der Waals surface area (Å²) in [4.78, 5) is 76.2. The number of carbonyl (C=O) groups excluding carboxylic acids is 5. The predicted molar refractivity (Wildman–Crippen MR) is 157 cm³/mol. The number of benzene rings is 2. The molecule has 0 spiro atoms. The normalized spacial score (nSPS) is 15.9. The Kier molecular flexibility index (Phi) is 9.33. The van der Waals surface area contributed by atoms with Crippen molar-refractivity contribution in [3.63, 3.8) is 0 Å². The molecule has 0 radical (unpaired) electrons. The lowest BCUT2D eigenvalue weighted by Gasteiger charge is -2.26. The van der Waals surface area contributed by atoms with Gasteiger partial charge in [-0.25, -0.2) is 19.5 Å². The smallest absolute Gasteiger partial charge is 0.417 e. The third kappa shape index (κ3) is 6.94. The molecular formula is C31H32N6O7. The maximum Gasteiger partial charge on any atom is 0.417 e. The van der Waals surface area contributed by atoms with Gasteiger partial charge in [-0.15, -0.1) is 0 Å². The molecule has 3 heterocycles. The first-order chi connectivity index (χ1) is 21.3. The number of para-hydroxylation sites is 1. The number of fused-ring (bicyclic) bond motifs is 1. The molecular weight excluding hydrogens is 568 g/mol. The minimum absolute atomic E-state index is 0.00231. The fourth-order valence-corrected chi connectivity index (χ4v) is 5.17. The summed E-state index contributed by atoms with van der Waals surface area (Å²) in [5, 5.41) is 6.27. The van der Waals surface area contributed by atoms with Crippen LogP contribution in [-0.2, 0) is 48.1 Å². The van der Waals surface area contributed by atoms with Gasteiger partial charge in [0.05, 0.1) is 13.4 Å². The van der Waals surface area contributed by atoms with E-state index in [1.807, 2.05) is 30.3 Å². The van der Waals surface area contributed by atoms with Gasteiger partial charge in [-0.05, 0) is 23.6 Å². The van der Waals surface area contributed by atoms with Crippen molar-refractivity contribution < 1.29 is 33.4 Å². The summed E-state index contributed by atoms with van der Waals surface area (Å²) in [6.45, 7) is -0.0754. The van der Waals surface area contributed by atoms with Gasteiger partial charge >= 0.3 is 12.1 Å². The quantitative estimate of drug-likeness (QED) is 0.189. The van der Waals surface area contributed by atoms with E-state index in [0.29, 0.717) is 5.69 Å². The second-order valence-electron chi connectivity index (χ2n) is 10.3. The Balaban J connectivity index is 1.30. The Bertz CT molecular complexity index is 1640. The van der Waals surface area contributed by atoms with Crippen LogP contribution in [0.5, 0.6) is 0 Å². The number of esters is 1. The lowest BCUT2D eigenvalue weighted by Crippen LogP contribution is -2.56. The highest BCUT2D eigenvalue weighted by molar-refractivity contribution is 6.01. The number of likely N-dealkylation sites (tertiary alicyclic amines) is 1. The number of amides is 4. The van der Waals surface area contributed by atoms with E-state index in [0.717, 1.165) is 26.9 Å². The predicted octanol–water partition coefficient (Wildman–Crippen LogP) is 2.15. The molecule has 228 valence electrons. The summed E-state index contributed by atoms with van der Waals surface area (Å²) in [5.41, 5.74) is 2.93. The Morgan fingerprint density at radius 1 is 1.00 bits per heavy atom. The largest absolute Gasteiger partial charge is 0.467 e. The standard InChI is InChI=1S/C31H32N6O7/c1-43-30(41)25(13-20-15-33-23-10-6-5-9-22(20)23)36-28(39)24(14-21-16-32-18-34-21)35-29(40)26-11-12-27(38)37(26)31(42)44-17-19-7-3-2-4-8-19/h2-10,15-16,18,24-26,33H,11-14,17H2,1H3,(H,32,34)(H,35,40)(H,36,39)/t24-,25-,26+/m1/s1. The summed E-state index contributed by atoms with van der Waals surface area (Å²) in [6.07, 6.45) is 3.90. The second-order valence-corrected chi connectivity index (χ2v) is 10.3. The van der Waals surface area contributed by atoms with Crippen molar-refractivity contribution in [3.05, 3.63) is 90.1 Å². The Hall–Kier alpha value is -5.46. The number of rotatable bonds is 11. The first kappa shape index (κ1) is 30.0.